The lowest BCUT2D eigenvalue weighted by atomic mass is 10.0. The molecule has 5 heteroatoms. The molecule has 0 aliphatic carbocycles. The van der Waals surface area contributed by atoms with Crippen molar-refractivity contribution in [2.45, 2.75) is 20.3 Å². The van der Waals surface area contributed by atoms with Crippen molar-refractivity contribution in [3.63, 3.8) is 0 Å². The van der Waals surface area contributed by atoms with Gasteiger partial charge in [-0.2, -0.15) is 5.10 Å². The first-order chi connectivity index (χ1) is 9.71. The van der Waals surface area contributed by atoms with E-state index in [1.807, 2.05) is 25.1 Å². The van der Waals surface area contributed by atoms with Crippen LogP contribution in [0.4, 0.5) is 5.82 Å². The van der Waals surface area contributed by atoms with E-state index in [0.717, 1.165) is 41.4 Å². The van der Waals surface area contributed by atoms with Crippen molar-refractivity contribution in [2.75, 3.05) is 26.1 Å². The van der Waals surface area contributed by atoms with E-state index in [1.165, 1.54) is 0 Å². The number of rotatable bonds is 6. The summed E-state index contributed by atoms with van der Waals surface area (Å²) in [5.41, 5.74) is 3.14. The maximum atomic E-state index is 5.36. The van der Waals surface area contributed by atoms with Crippen LogP contribution in [0.15, 0.2) is 18.2 Å². The molecule has 0 bridgehead atoms. The molecular weight excluding hydrogens is 254 g/mol. The van der Waals surface area contributed by atoms with Gasteiger partial charge >= 0.3 is 0 Å². The van der Waals surface area contributed by atoms with Gasteiger partial charge in [0.05, 0.1) is 14.2 Å². The van der Waals surface area contributed by atoms with Crippen molar-refractivity contribution in [2.24, 2.45) is 0 Å². The number of nitrogens with one attached hydrogen (secondary N) is 2. The Morgan fingerprint density at radius 2 is 1.95 bits per heavy atom. The van der Waals surface area contributed by atoms with Crippen LogP contribution in [0.3, 0.4) is 0 Å². The largest absolute Gasteiger partial charge is 0.493 e. The average Bonchev–Trinajstić information content (AvgIpc) is 2.85. The van der Waals surface area contributed by atoms with Crippen molar-refractivity contribution in [1.82, 2.24) is 10.2 Å². The third kappa shape index (κ3) is 2.71. The number of hydrogen-bond acceptors (Lipinski definition) is 4. The highest BCUT2D eigenvalue weighted by Gasteiger charge is 2.14. The van der Waals surface area contributed by atoms with Gasteiger partial charge in [-0.25, -0.2) is 0 Å². The Morgan fingerprint density at radius 1 is 1.20 bits per heavy atom. The maximum Gasteiger partial charge on any atom is 0.161 e. The number of methoxy groups -OCH3 is 2. The standard InChI is InChI=1S/C15H21N3O2/c1-5-8-16-15-14(10(2)17-18-15)11-6-7-12(19-3)13(9-11)20-4/h6-7,9H,5,8H2,1-4H3,(H2,16,17,18). The summed E-state index contributed by atoms with van der Waals surface area (Å²) in [5.74, 6) is 2.31. The minimum atomic E-state index is 0.715. The van der Waals surface area contributed by atoms with Crippen LogP contribution < -0.4 is 14.8 Å². The zero-order valence-electron chi connectivity index (χ0n) is 12.4. The number of H-pyrrole nitrogens is 1. The van der Waals surface area contributed by atoms with Gasteiger partial charge in [-0.1, -0.05) is 13.0 Å². The quantitative estimate of drug-likeness (QED) is 0.849. The lowest BCUT2D eigenvalue weighted by Gasteiger charge is -2.11. The van der Waals surface area contributed by atoms with Crippen LogP contribution in [0, 0.1) is 6.92 Å². The molecule has 0 fully saturated rings. The summed E-state index contributed by atoms with van der Waals surface area (Å²) in [6, 6.07) is 5.88. The minimum Gasteiger partial charge on any atom is -0.493 e. The number of ether oxygens (including phenoxy) is 2. The molecule has 2 N–H and O–H groups in total. The van der Waals surface area contributed by atoms with Crippen molar-refractivity contribution >= 4 is 5.82 Å². The molecule has 0 aliphatic rings. The van der Waals surface area contributed by atoms with E-state index in [4.69, 9.17) is 9.47 Å². The third-order valence-electron chi connectivity index (χ3n) is 3.16. The summed E-state index contributed by atoms with van der Waals surface area (Å²) in [7, 11) is 3.27. The first kappa shape index (κ1) is 14.2. The lowest BCUT2D eigenvalue weighted by Crippen LogP contribution is -2.01. The molecule has 0 saturated carbocycles. The van der Waals surface area contributed by atoms with Crippen LogP contribution in [-0.4, -0.2) is 31.0 Å². The predicted molar refractivity (Wildman–Crippen MR) is 80.6 cm³/mol. The highest BCUT2D eigenvalue weighted by molar-refractivity contribution is 5.79. The fraction of sp³-hybridized carbons (Fsp3) is 0.400. The summed E-state index contributed by atoms with van der Waals surface area (Å²) in [5, 5.41) is 10.7. The van der Waals surface area contributed by atoms with E-state index in [1.54, 1.807) is 14.2 Å². The molecule has 1 aromatic heterocycles. The highest BCUT2D eigenvalue weighted by atomic mass is 16.5. The Balaban J connectivity index is 2.43. The van der Waals surface area contributed by atoms with Gasteiger partial charge in [-0.3, -0.25) is 5.10 Å². The highest BCUT2D eigenvalue weighted by Crippen LogP contribution is 2.36. The molecule has 0 atom stereocenters. The molecule has 108 valence electrons. The van der Waals surface area contributed by atoms with Crippen LogP contribution in [0.5, 0.6) is 11.5 Å². The van der Waals surface area contributed by atoms with E-state index in [2.05, 4.69) is 22.4 Å². The van der Waals surface area contributed by atoms with Gasteiger partial charge in [-0.05, 0) is 31.0 Å². The number of benzene rings is 1. The number of nitrogens with zero attached hydrogens (tertiary/aromatic N) is 1. The summed E-state index contributed by atoms with van der Waals surface area (Å²) in [6.45, 7) is 5.03. The number of hydrogen-bond donors (Lipinski definition) is 2. The fourth-order valence-electron chi connectivity index (χ4n) is 2.15. The van der Waals surface area contributed by atoms with Crippen molar-refractivity contribution in [3.8, 4) is 22.6 Å². The van der Waals surface area contributed by atoms with Gasteiger partial charge in [0.15, 0.2) is 17.3 Å². The second-order valence-electron chi connectivity index (χ2n) is 4.57. The molecule has 0 amide bonds. The molecule has 0 aliphatic heterocycles. The van der Waals surface area contributed by atoms with Crippen molar-refractivity contribution in [3.05, 3.63) is 23.9 Å². The number of aromatic nitrogens is 2. The molecule has 2 aromatic rings. The summed E-state index contributed by atoms with van der Waals surface area (Å²) in [4.78, 5) is 0. The van der Waals surface area contributed by atoms with Crippen LogP contribution >= 0.6 is 0 Å². The molecule has 20 heavy (non-hydrogen) atoms. The summed E-state index contributed by atoms with van der Waals surface area (Å²) >= 11 is 0. The molecule has 0 spiro atoms. The van der Waals surface area contributed by atoms with E-state index in [9.17, 15) is 0 Å². The number of aromatic amines is 1. The predicted octanol–water partition coefficient (Wildman–Crippen LogP) is 3.22. The third-order valence-corrected chi connectivity index (χ3v) is 3.16. The van der Waals surface area contributed by atoms with Crippen molar-refractivity contribution in [1.29, 1.82) is 0 Å². The van der Waals surface area contributed by atoms with E-state index in [0.29, 0.717) is 5.75 Å². The fourth-order valence-corrected chi connectivity index (χ4v) is 2.15. The average molecular weight is 275 g/mol. The van der Waals surface area contributed by atoms with Crippen LogP contribution in [-0.2, 0) is 0 Å². The van der Waals surface area contributed by atoms with Gasteiger partial charge in [0.1, 0.15) is 0 Å². The SMILES string of the molecule is CCCNc1n[nH]c(C)c1-c1ccc(OC)c(OC)c1. The Hall–Kier alpha value is -2.17. The van der Waals surface area contributed by atoms with E-state index >= 15 is 0 Å². The van der Waals surface area contributed by atoms with Crippen LogP contribution in [0.2, 0.25) is 0 Å². The molecule has 1 aromatic carbocycles. The first-order valence-electron chi connectivity index (χ1n) is 6.72. The molecule has 0 saturated heterocycles. The second-order valence-corrected chi connectivity index (χ2v) is 4.57. The second kappa shape index (κ2) is 6.32. The Morgan fingerprint density at radius 3 is 2.60 bits per heavy atom. The van der Waals surface area contributed by atoms with Gasteiger partial charge in [0, 0.05) is 17.8 Å². The maximum absolute atomic E-state index is 5.36. The van der Waals surface area contributed by atoms with E-state index < -0.39 is 0 Å². The molecule has 2 rings (SSSR count). The summed E-state index contributed by atoms with van der Waals surface area (Å²) < 4.78 is 10.6. The molecular formula is C15H21N3O2. The zero-order valence-corrected chi connectivity index (χ0v) is 12.4. The molecule has 5 nitrogen and oxygen atoms in total. The monoisotopic (exact) mass is 275 g/mol. The Kier molecular flexibility index (Phi) is 4.50. The normalized spacial score (nSPS) is 10.4. The molecule has 1 heterocycles. The topological polar surface area (TPSA) is 59.2 Å². The minimum absolute atomic E-state index is 0.715. The smallest absolute Gasteiger partial charge is 0.161 e. The Bertz CT molecular complexity index is 578. The Labute approximate surface area is 119 Å². The first-order valence-corrected chi connectivity index (χ1v) is 6.72. The lowest BCUT2D eigenvalue weighted by molar-refractivity contribution is 0.355. The van der Waals surface area contributed by atoms with Gasteiger partial charge in [0.25, 0.3) is 0 Å². The van der Waals surface area contributed by atoms with Crippen LogP contribution in [0.25, 0.3) is 11.1 Å². The molecule has 0 unspecified atom stereocenters. The van der Waals surface area contributed by atoms with Gasteiger partial charge in [-0.15, -0.1) is 0 Å². The van der Waals surface area contributed by atoms with Gasteiger partial charge in [0.2, 0.25) is 0 Å². The number of anilines is 1. The summed E-state index contributed by atoms with van der Waals surface area (Å²) in [6.07, 6.45) is 1.05. The van der Waals surface area contributed by atoms with E-state index in [-0.39, 0.29) is 0 Å². The molecule has 0 radical (unpaired) electrons. The number of aryl methyl sites for hydroxylation is 1. The zero-order chi connectivity index (χ0) is 14.5. The van der Waals surface area contributed by atoms with Crippen molar-refractivity contribution < 1.29 is 9.47 Å². The van der Waals surface area contributed by atoms with Crippen LogP contribution in [0.1, 0.15) is 19.0 Å². The van der Waals surface area contributed by atoms with Gasteiger partial charge < -0.3 is 14.8 Å².